The molecule has 0 unspecified atom stereocenters. The number of methoxy groups -OCH3 is 1. The summed E-state index contributed by atoms with van der Waals surface area (Å²) >= 11 is 0. The summed E-state index contributed by atoms with van der Waals surface area (Å²) < 4.78 is 93.8. The predicted octanol–water partition coefficient (Wildman–Crippen LogP) is 34.5. The average molecular weight is 1730 g/mol. The van der Waals surface area contributed by atoms with Crippen LogP contribution in [0.2, 0.25) is 0 Å². The van der Waals surface area contributed by atoms with E-state index in [4.69, 9.17) is 10.00 Å². The number of alkyl halides is 7. The van der Waals surface area contributed by atoms with Crippen LogP contribution in [0.4, 0.5) is 30.7 Å². The largest absolute Gasteiger partial charge is 0.394 e. The van der Waals surface area contributed by atoms with Crippen LogP contribution < -0.4 is 0 Å². The second kappa shape index (κ2) is 31.5. The van der Waals surface area contributed by atoms with Crippen LogP contribution in [0.1, 0.15) is 476 Å². The second-order valence-electron chi connectivity index (χ2n) is 57.6. The van der Waals surface area contributed by atoms with Crippen LogP contribution in [0.5, 0.6) is 0 Å². The molecule has 1 N–H and O–H groups in total. The highest BCUT2D eigenvalue weighted by molar-refractivity contribution is 5.28. The van der Waals surface area contributed by atoms with Crippen LogP contribution >= 0.6 is 0 Å². The Morgan fingerprint density at radius 2 is 0.577 bits per heavy atom. The van der Waals surface area contributed by atoms with Gasteiger partial charge in [0.15, 0.2) is 0 Å². The van der Waals surface area contributed by atoms with Gasteiger partial charge in [0.05, 0.1) is 28.1 Å². The van der Waals surface area contributed by atoms with E-state index in [0.717, 1.165) is 210 Å². The first-order valence-corrected chi connectivity index (χ1v) is 52.8. The maximum absolute atomic E-state index is 13.8. The van der Waals surface area contributed by atoms with Gasteiger partial charge in [-0.2, -0.15) is 18.4 Å². The van der Waals surface area contributed by atoms with E-state index < -0.39 is 34.8 Å². The van der Waals surface area contributed by atoms with Crippen molar-refractivity contribution >= 4 is 0 Å². The Morgan fingerprint density at radius 3 is 0.780 bits per heavy atom. The van der Waals surface area contributed by atoms with Gasteiger partial charge in [-0.05, 0) is 452 Å². The Balaban J connectivity index is 0.000000110. The molecule has 0 saturated heterocycles. The van der Waals surface area contributed by atoms with Gasteiger partial charge >= 0.3 is 6.18 Å². The van der Waals surface area contributed by atoms with Crippen molar-refractivity contribution in [2.45, 2.75) is 511 Å². The highest BCUT2D eigenvalue weighted by atomic mass is 19.4. The van der Waals surface area contributed by atoms with Gasteiger partial charge < -0.3 is 9.84 Å². The lowest BCUT2D eigenvalue weighted by Crippen LogP contribution is -2.69. The highest BCUT2D eigenvalue weighted by Gasteiger charge is 2.80. The minimum Gasteiger partial charge on any atom is -0.390 e. The molecule has 0 aromatic rings. The Bertz CT molecular complexity index is 3330. The molecule has 0 aromatic carbocycles. The van der Waals surface area contributed by atoms with Crippen molar-refractivity contribution in [2.75, 3.05) is 7.11 Å². The van der Waals surface area contributed by atoms with Crippen molar-refractivity contribution < 1.29 is 40.6 Å². The summed E-state index contributed by atoms with van der Waals surface area (Å²) in [6.07, 6.45) is 48.4. The number of halogens is 7. The van der Waals surface area contributed by atoms with Crippen molar-refractivity contribution in [3.8, 4) is 6.07 Å². The number of hydrogen-bond donors (Lipinski definition) is 1. The van der Waals surface area contributed by atoms with Crippen molar-refractivity contribution in [1.82, 2.24) is 0 Å². The van der Waals surface area contributed by atoms with Crippen LogP contribution in [-0.4, -0.2) is 47.4 Å². The molecule has 0 amide bonds. The summed E-state index contributed by atoms with van der Waals surface area (Å²) in [5.41, 5.74) is 7.85. The molecule has 708 valence electrons. The molecule has 0 spiro atoms. The molecular formula is C113H190F7NO2. The lowest BCUT2D eigenvalue weighted by atomic mass is 9.28. The zero-order valence-electron chi connectivity index (χ0n) is 84.9. The van der Waals surface area contributed by atoms with Gasteiger partial charge in [0.2, 0.25) is 6.43 Å². The van der Waals surface area contributed by atoms with E-state index in [1.165, 1.54) is 122 Å². The summed E-state index contributed by atoms with van der Waals surface area (Å²) in [6.45, 7) is 62.4. The van der Waals surface area contributed by atoms with E-state index in [0.29, 0.717) is 75.1 Å². The normalized spacial score (nSPS) is 50.3. The minimum absolute atomic E-state index is 0.0650. The maximum Gasteiger partial charge on any atom is 0.394 e. The Kier molecular flexibility index (Phi) is 25.1. The van der Waals surface area contributed by atoms with Gasteiger partial charge in [0.1, 0.15) is 11.3 Å². The fourth-order valence-electron chi connectivity index (χ4n) is 34.5. The molecule has 37 fully saturated rings. The van der Waals surface area contributed by atoms with E-state index in [2.05, 4.69) is 179 Å². The SMILES string of the molecule is CC(C)C12CC(C#N)(C1)C2.CC(C)C12CC(C(F)(F)F)(C1)C2.CC(C)C12CC(C(F)F)(C1)C2.CC(C)C12CC(C)(C1)C2.CC(C)C12CC(C)(C1)C2.CC(C)C12CC(C)(C1)C2.CC(C)C12CC(C1)C2.CC(C)C12CC(C3CCC3)(C1)C2.CC(C)C12CC(F)(C1)C2.CC(C)C12CCC(F)(CC1)CC2.CC(C)C12CCC(O)(CC1)CC2.COC12CC(C(C)C)(C1)C2. The Hall–Kier alpha value is -1.08. The summed E-state index contributed by atoms with van der Waals surface area (Å²) in [4.78, 5) is 0. The van der Waals surface area contributed by atoms with Gasteiger partial charge in [-0.25, -0.2) is 17.6 Å². The topological polar surface area (TPSA) is 53.2 Å². The third-order valence-corrected chi connectivity index (χ3v) is 46.4. The quantitative estimate of drug-likeness (QED) is 0.166. The monoisotopic (exact) mass is 1730 g/mol. The number of hydrogen-bond acceptors (Lipinski definition) is 3. The maximum atomic E-state index is 13.8. The Labute approximate surface area is 751 Å². The van der Waals surface area contributed by atoms with Crippen LogP contribution in [0.3, 0.4) is 0 Å². The first kappa shape index (κ1) is 97.9. The lowest BCUT2D eigenvalue weighted by Gasteiger charge is -2.77. The van der Waals surface area contributed by atoms with Gasteiger partial charge in [0, 0.05) is 12.5 Å². The third-order valence-electron chi connectivity index (χ3n) is 46.4. The van der Waals surface area contributed by atoms with E-state index in [9.17, 15) is 35.8 Å². The smallest absolute Gasteiger partial charge is 0.390 e. The first-order chi connectivity index (χ1) is 56.4. The molecule has 0 heterocycles. The molecule has 24 bridgehead atoms. The first-order valence-electron chi connectivity index (χ1n) is 52.8. The predicted molar refractivity (Wildman–Crippen MR) is 496 cm³/mol. The van der Waals surface area contributed by atoms with Crippen LogP contribution in [0.15, 0.2) is 0 Å². The standard InChI is InChI=1S/C12H20.C11H19F.C11H20O.C9H13F3.C9H14F2.C9H13N.C9H16O.3C9H16.C8H13F.C8H14/c1-9(2)11-6-12(7-11,8-11)10-4-3-5-10;2*1-9(2)10-3-6-11(12,7-4-10)8-5-10;1-6(2)7-3-8(4-7,5-7)9(10,11)12;1-6(2)8-3-9(4-8,5-8)7(10)11;1-7(2)9-3-8(4-9,5-9)6-10;1-7(2)8-4-9(5-8,6-8)10-3;3*1-7(2)9-4-8(3,5-9)6-9;1-6(2)7-3-8(9,4-7)5-7;1-6(2)8-3-7(4-8)5-8/h9-10H,3-8H2,1-2H3;9H,3-8H2,1-2H3;9,12H,3-8H2,1-2H3;6H,3-5H2,1-2H3;6-7H,3-5H2,1-2H3;7H,3-5H2,1-2H3;7H,4-6H2,1-3H3;3*7H,4-6H2,1-3H3;6H,3-5H2,1-2H3;6-7H,3-5H2,1-2H3. The number of ether oxygens (including phenoxy) is 1. The molecule has 37 rings (SSSR count). The van der Waals surface area contributed by atoms with E-state index in [1.807, 2.05) is 21.0 Å². The second-order valence-corrected chi connectivity index (χ2v) is 57.6. The summed E-state index contributed by atoms with van der Waals surface area (Å²) in [5, 5.41) is 18.7. The van der Waals surface area contributed by atoms with Crippen molar-refractivity contribution in [1.29, 1.82) is 5.26 Å². The van der Waals surface area contributed by atoms with Gasteiger partial charge in [-0.15, -0.1) is 0 Å². The number of aliphatic hydroxyl groups is 1. The number of rotatable bonds is 15. The van der Waals surface area contributed by atoms with E-state index in [-0.39, 0.29) is 16.4 Å². The zero-order chi connectivity index (χ0) is 90.9. The highest BCUT2D eigenvalue weighted by Crippen LogP contribution is 2.84. The molecule has 0 radical (unpaired) electrons. The minimum atomic E-state index is -3.94. The van der Waals surface area contributed by atoms with Crippen molar-refractivity contribution in [3.63, 3.8) is 0 Å². The molecule has 37 saturated carbocycles. The Morgan fingerprint density at radius 1 is 0.317 bits per heavy atom. The molecule has 0 aliphatic heterocycles. The number of nitriles is 1. The van der Waals surface area contributed by atoms with Crippen LogP contribution in [0, 0.1) is 197 Å². The number of fused-ring (bicyclic) bond motifs is 6. The molecular weight excluding hydrogens is 1540 g/mol. The van der Waals surface area contributed by atoms with Crippen LogP contribution in [0.25, 0.3) is 0 Å². The van der Waals surface area contributed by atoms with Gasteiger partial charge in [-0.1, -0.05) is 193 Å². The molecule has 37 aliphatic rings. The molecule has 10 heteroatoms. The molecule has 123 heavy (non-hydrogen) atoms. The number of nitrogens with zero attached hydrogens (tertiary/aromatic N) is 1. The van der Waals surface area contributed by atoms with E-state index >= 15 is 0 Å². The molecule has 37 aliphatic carbocycles. The summed E-state index contributed by atoms with van der Waals surface area (Å²) in [6, 6.07) is 2.42. The third kappa shape index (κ3) is 16.4. The zero-order valence-corrected chi connectivity index (χ0v) is 84.9. The summed E-state index contributed by atoms with van der Waals surface area (Å²) in [5.74, 6) is 12.0. The molecule has 0 atom stereocenters. The summed E-state index contributed by atoms with van der Waals surface area (Å²) in [7, 11) is 1.85. The van der Waals surface area contributed by atoms with Crippen LogP contribution in [-0.2, 0) is 4.74 Å². The van der Waals surface area contributed by atoms with Gasteiger partial charge in [-0.3, -0.25) is 0 Å². The fourth-order valence-corrected chi connectivity index (χ4v) is 34.5. The van der Waals surface area contributed by atoms with Crippen molar-refractivity contribution in [3.05, 3.63) is 0 Å². The van der Waals surface area contributed by atoms with Crippen molar-refractivity contribution in [2.24, 2.45) is 186 Å². The molecule has 0 aromatic heterocycles. The lowest BCUT2D eigenvalue weighted by molar-refractivity contribution is -0.373. The molecule has 3 nitrogen and oxygen atoms in total. The van der Waals surface area contributed by atoms with Gasteiger partial charge in [0.25, 0.3) is 0 Å². The fraction of sp³-hybridized carbons (Fsp3) is 0.991. The average Bonchev–Trinajstić information content (AvgIpc) is 0.664. The van der Waals surface area contributed by atoms with E-state index in [1.54, 1.807) is 51.4 Å².